The van der Waals surface area contributed by atoms with Crippen LogP contribution in [0.2, 0.25) is 0 Å². The van der Waals surface area contributed by atoms with Gasteiger partial charge in [0.1, 0.15) is 0 Å². The standard InChI is InChI=1S/C13H11F3O3/c1-12(2)10(18-11(17)19-12)7-8-3-5-9(6-4-8)13(14,15)16/h3-7H,1-2H3. The SMILES string of the molecule is CC1(C)OC(=O)OC1=Cc1ccc(C(F)(F)F)cc1. The average molecular weight is 272 g/mol. The molecule has 1 saturated heterocycles. The Morgan fingerprint density at radius 3 is 2.16 bits per heavy atom. The molecule has 1 aliphatic heterocycles. The van der Waals surface area contributed by atoms with E-state index in [0.717, 1.165) is 12.1 Å². The fourth-order valence-corrected chi connectivity index (χ4v) is 1.62. The van der Waals surface area contributed by atoms with Gasteiger partial charge in [0.2, 0.25) is 0 Å². The third kappa shape index (κ3) is 2.89. The van der Waals surface area contributed by atoms with Gasteiger partial charge < -0.3 is 9.47 Å². The summed E-state index contributed by atoms with van der Waals surface area (Å²) < 4.78 is 46.9. The maximum Gasteiger partial charge on any atom is 0.514 e. The summed E-state index contributed by atoms with van der Waals surface area (Å²) in [5, 5.41) is 0. The van der Waals surface area contributed by atoms with Gasteiger partial charge in [0.25, 0.3) is 0 Å². The monoisotopic (exact) mass is 272 g/mol. The number of hydrogen-bond donors (Lipinski definition) is 0. The summed E-state index contributed by atoms with van der Waals surface area (Å²) in [5.74, 6) is 0.261. The molecule has 0 amide bonds. The first-order chi connectivity index (χ1) is 8.68. The van der Waals surface area contributed by atoms with Gasteiger partial charge in [-0.2, -0.15) is 13.2 Å². The lowest BCUT2D eigenvalue weighted by Crippen LogP contribution is -2.20. The van der Waals surface area contributed by atoms with Crippen molar-refractivity contribution in [3.8, 4) is 0 Å². The normalized spacial score (nSPS) is 20.3. The van der Waals surface area contributed by atoms with E-state index in [-0.39, 0.29) is 5.76 Å². The maximum absolute atomic E-state index is 12.4. The van der Waals surface area contributed by atoms with Crippen LogP contribution >= 0.6 is 0 Å². The molecule has 1 heterocycles. The van der Waals surface area contributed by atoms with E-state index in [1.165, 1.54) is 18.2 Å². The first kappa shape index (κ1) is 13.5. The molecule has 0 saturated carbocycles. The molecular formula is C13H11F3O3. The molecule has 0 spiro atoms. The predicted octanol–water partition coefficient (Wildman–Crippen LogP) is 3.99. The maximum atomic E-state index is 12.4. The zero-order valence-corrected chi connectivity index (χ0v) is 10.2. The lowest BCUT2D eigenvalue weighted by Gasteiger charge is -2.14. The Morgan fingerprint density at radius 2 is 1.74 bits per heavy atom. The zero-order chi connectivity index (χ0) is 14.3. The summed E-state index contributed by atoms with van der Waals surface area (Å²) in [6.45, 7) is 3.27. The molecule has 2 rings (SSSR count). The largest absolute Gasteiger partial charge is 0.514 e. The second kappa shape index (κ2) is 4.29. The van der Waals surface area contributed by atoms with E-state index < -0.39 is 23.5 Å². The van der Waals surface area contributed by atoms with Crippen LogP contribution in [0, 0.1) is 0 Å². The molecule has 0 unspecified atom stereocenters. The summed E-state index contributed by atoms with van der Waals surface area (Å²) in [6.07, 6.45) is -3.71. The average Bonchev–Trinajstić information content (AvgIpc) is 2.51. The second-order valence-electron chi connectivity index (χ2n) is 4.59. The number of benzene rings is 1. The topological polar surface area (TPSA) is 35.5 Å². The van der Waals surface area contributed by atoms with E-state index in [2.05, 4.69) is 0 Å². The van der Waals surface area contributed by atoms with Gasteiger partial charge >= 0.3 is 12.3 Å². The Morgan fingerprint density at radius 1 is 1.16 bits per heavy atom. The van der Waals surface area contributed by atoms with E-state index in [0.29, 0.717) is 5.56 Å². The molecule has 1 aliphatic rings. The van der Waals surface area contributed by atoms with Gasteiger partial charge in [-0.05, 0) is 37.6 Å². The molecular weight excluding hydrogens is 261 g/mol. The zero-order valence-electron chi connectivity index (χ0n) is 10.2. The summed E-state index contributed by atoms with van der Waals surface area (Å²) >= 11 is 0. The van der Waals surface area contributed by atoms with Crippen LogP contribution in [-0.2, 0) is 15.7 Å². The Hall–Kier alpha value is -1.98. The van der Waals surface area contributed by atoms with Crippen LogP contribution < -0.4 is 0 Å². The Bertz CT molecular complexity index is 527. The van der Waals surface area contributed by atoms with Crippen LogP contribution in [0.3, 0.4) is 0 Å². The van der Waals surface area contributed by atoms with Crippen molar-refractivity contribution < 1.29 is 27.4 Å². The molecule has 0 bridgehead atoms. The van der Waals surface area contributed by atoms with Crippen LogP contribution in [0.4, 0.5) is 18.0 Å². The molecule has 3 nitrogen and oxygen atoms in total. The van der Waals surface area contributed by atoms with Crippen LogP contribution in [0.25, 0.3) is 6.08 Å². The van der Waals surface area contributed by atoms with Crippen molar-refractivity contribution in [1.29, 1.82) is 0 Å². The van der Waals surface area contributed by atoms with Gasteiger partial charge in [-0.15, -0.1) is 0 Å². The Labute approximate surface area is 107 Å². The highest BCUT2D eigenvalue weighted by atomic mass is 19.4. The minimum atomic E-state index is -4.37. The number of rotatable bonds is 1. The fourth-order valence-electron chi connectivity index (χ4n) is 1.62. The predicted molar refractivity (Wildman–Crippen MR) is 61.1 cm³/mol. The fraction of sp³-hybridized carbons (Fsp3) is 0.308. The summed E-state index contributed by atoms with van der Waals surface area (Å²) in [4.78, 5) is 11.0. The first-order valence-corrected chi connectivity index (χ1v) is 5.49. The van der Waals surface area contributed by atoms with Gasteiger partial charge in [-0.1, -0.05) is 12.1 Å². The van der Waals surface area contributed by atoms with Crippen molar-refractivity contribution >= 4 is 12.2 Å². The first-order valence-electron chi connectivity index (χ1n) is 5.49. The minimum Gasteiger partial charge on any atom is -0.420 e. The van der Waals surface area contributed by atoms with Crippen LogP contribution in [0.1, 0.15) is 25.0 Å². The second-order valence-corrected chi connectivity index (χ2v) is 4.59. The van der Waals surface area contributed by atoms with Crippen molar-refractivity contribution in [3.05, 3.63) is 41.2 Å². The lowest BCUT2D eigenvalue weighted by molar-refractivity contribution is -0.137. The number of carbonyl (C=O) groups excluding carboxylic acids is 1. The number of alkyl halides is 3. The number of halogens is 3. The molecule has 0 atom stereocenters. The molecule has 19 heavy (non-hydrogen) atoms. The summed E-state index contributed by atoms with van der Waals surface area (Å²) in [7, 11) is 0. The van der Waals surface area contributed by atoms with E-state index in [1.807, 2.05) is 0 Å². The van der Waals surface area contributed by atoms with Gasteiger partial charge in [0, 0.05) is 0 Å². The van der Waals surface area contributed by atoms with Crippen molar-refractivity contribution in [3.63, 3.8) is 0 Å². The highest BCUT2D eigenvalue weighted by molar-refractivity contribution is 5.69. The van der Waals surface area contributed by atoms with E-state index in [1.54, 1.807) is 13.8 Å². The van der Waals surface area contributed by atoms with Crippen molar-refractivity contribution in [2.24, 2.45) is 0 Å². The van der Waals surface area contributed by atoms with Gasteiger partial charge in [0.15, 0.2) is 11.4 Å². The van der Waals surface area contributed by atoms with Crippen molar-refractivity contribution in [1.82, 2.24) is 0 Å². The third-order valence-corrected chi connectivity index (χ3v) is 2.66. The van der Waals surface area contributed by atoms with Gasteiger partial charge in [-0.25, -0.2) is 4.79 Å². The summed E-state index contributed by atoms with van der Waals surface area (Å²) in [6, 6.07) is 4.55. The number of hydrogen-bond acceptors (Lipinski definition) is 3. The number of carbonyl (C=O) groups is 1. The molecule has 102 valence electrons. The van der Waals surface area contributed by atoms with Crippen LogP contribution in [0.15, 0.2) is 30.0 Å². The van der Waals surface area contributed by atoms with E-state index in [9.17, 15) is 18.0 Å². The molecule has 0 N–H and O–H groups in total. The van der Waals surface area contributed by atoms with Crippen molar-refractivity contribution in [2.75, 3.05) is 0 Å². The molecule has 0 radical (unpaired) electrons. The smallest absolute Gasteiger partial charge is 0.420 e. The number of ether oxygens (including phenoxy) is 2. The lowest BCUT2D eigenvalue weighted by atomic mass is 10.0. The van der Waals surface area contributed by atoms with Crippen LogP contribution in [0.5, 0.6) is 0 Å². The number of cyclic esters (lactones) is 2. The van der Waals surface area contributed by atoms with Gasteiger partial charge in [0.05, 0.1) is 5.56 Å². The highest BCUT2D eigenvalue weighted by Gasteiger charge is 2.39. The highest BCUT2D eigenvalue weighted by Crippen LogP contribution is 2.32. The van der Waals surface area contributed by atoms with Gasteiger partial charge in [-0.3, -0.25) is 0 Å². The molecule has 0 aromatic heterocycles. The molecule has 1 aromatic rings. The minimum absolute atomic E-state index is 0.261. The van der Waals surface area contributed by atoms with Crippen LogP contribution in [-0.4, -0.2) is 11.8 Å². The molecule has 1 fully saturated rings. The molecule has 1 aromatic carbocycles. The third-order valence-electron chi connectivity index (χ3n) is 2.66. The summed E-state index contributed by atoms with van der Waals surface area (Å²) in [5.41, 5.74) is -1.15. The van der Waals surface area contributed by atoms with E-state index >= 15 is 0 Å². The quantitative estimate of drug-likeness (QED) is 0.725. The molecule has 6 heteroatoms. The van der Waals surface area contributed by atoms with Crippen molar-refractivity contribution in [2.45, 2.75) is 25.6 Å². The Balaban J connectivity index is 2.27. The van der Waals surface area contributed by atoms with E-state index in [4.69, 9.17) is 9.47 Å². The Kier molecular flexibility index (Phi) is 3.04. The molecule has 0 aliphatic carbocycles.